The van der Waals surface area contributed by atoms with Gasteiger partial charge in [-0.25, -0.2) is 17.9 Å². The number of carboxylic acid groups (broad SMARTS) is 1. The van der Waals surface area contributed by atoms with Gasteiger partial charge in [0.2, 0.25) is 0 Å². The number of rotatable bonds is 5. The summed E-state index contributed by atoms with van der Waals surface area (Å²) in [6.45, 7) is 5.04. The lowest BCUT2D eigenvalue weighted by Crippen LogP contribution is -2.12. The number of hydrogen-bond donors (Lipinski definition) is 2. The number of aromatic carboxylic acids is 1. The number of nitrogens with one attached hydrogen (secondary N) is 1. The molecule has 2 aromatic rings. The SMILES string of the molecule is Cc1noc(NS(=O)(=O)c2cc(C(=O)O)n(C(C)C)c2)n1. The molecule has 2 rings (SSSR count). The summed E-state index contributed by atoms with van der Waals surface area (Å²) < 4.78 is 32.5. The number of carboxylic acids is 1. The molecule has 2 aromatic heterocycles. The molecule has 0 spiro atoms. The highest BCUT2D eigenvalue weighted by Crippen LogP contribution is 2.21. The molecule has 0 radical (unpaired) electrons. The largest absolute Gasteiger partial charge is 0.477 e. The molecule has 0 unspecified atom stereocenters. The van der Waals surface area contributed by atoms with Gasteiger partial charge in [-0.05, 0) is 26.8 Å². The van der Waals surface area contributed by atoms with Crippen molar-refractivity contribution in [1.82, 2.24) is 14.7 Å². The Morgan fingerprint density at radius 3 is 2.57 bits per heavy atom. The third kappa shape index (κ3) is 3.05. The molecular formula is C11H14N4O5S. The molecule has 10 heteroatoms. The quantitative estimate of drug-likeness (QED) is 0.850. The molecule has 2 heterocycles. The lowest BCUT2D eigenvalue weighted by molar-refractivity contribution is 0.0683. The summed E-state index contributed by atoms with van der Waals surface area (Å²) in [7, 11) is -4.00. The maximum Gasteiger partial charge on any atom is 0.352 e. The summed E-state index contributed by atoms with van der Waals surface area (Å²) >= 11 is 0. The highest BCUT2D eigenvalue weighted by molar-refractivity contribution is 7.92. The number of anilines is 1. The number of sulfonamides is 1. The number of aryl methyl sites for hydroxylation is 1. The second-order valence-corrected chi connectivity index (χ2v) is 6.30. The highest BCUT2D eigenvalue weighted by Gasteiger charge is 2.24. The Morgan fingerprint density at radius 1 is 1.48 bits per heavy atom. The maximum absolute atomic E-state index is 12.2. The molecule has 2 N–H and O–H groups in total. The van der Waals surface area contributed by atoms with E-state index >= 15 is 0 Å². The lowest BCUT2D eigenvalue weighted by atomic mass is 10.3. The fourth-order valence-corrected chi connectivity index (χ4v) is 2.66. The fraction of sp³-hybridized carbons (Fsp3) is 0.364. The summed E-state index contributed by atoms with van der Waals surface area (Å²) in [6.07, 6.45) is 1.25. The molecule has 0 atom stereocenters. The maximum atomic E-state index is 12.2. The van der Waals surface area contributed by atoms with Gasteiger partial charge in [-0.15, -0.1) is 0 Å². The van der Waals surface area contributed by atoms with Crippen molar-refractivity contribution in [3.8, 4) is 0 Å². The van der Waals surface area contributed by atoms with Crippen LogP contribution in [-0.4, -0.2) is 34.2 Å². The minimum absolute atomic E-state index is 0.118. The molecule has 21 heavy (non-hydrogen) atoms. The van der Waals surface area contributed by atoms with Crippen LogP contribution >= 0.6 is 0 Å². The summed E-state index contributed by atoms with van der Waals surface area (Å²) in [6, 6.07) is 0.598. The van der Waals surface area contributed by atoms with E-state index in [1.165, 1.54) is 10.8 Å². The smallest absolute Gasteiger partial charge is 0.352 e. The van der Waals surface area contributed by atoms with Gasteiger partial charge in [0.15, 0.2) is 5.82 Å². The van der Waals surface area contributed by atoms with E-state index in [1.54, 1.807) is 20.8 Å². The lowest BCUT2D eigenvalue weighted by Gasteiger charge is -2.09. The van der Waals surface area contributed by atoms with Crippen LogP contribution in [0.3, 0.4) is 0 Å². The number of nitrogens with zero attached hydrogens (tertiary/aromatic N) is 3. The number of aromatic nitrogens is 3. The van der Waals surface area contributed by atoms with Crippen molar-refractivity contribution in [1.29, 1.82) is 0 Å². The Balaban J connectivity index is 2.40. The standard InChI is InChI=1S/C11H14N4O5S/c1-6(2)15-5-8(4-9(15)10(16)17)21(18,19)14-11-12-7(3)13-20-11/h4-6H,1-3H3,(H,16,17)(H,12,13,14). The first kappa shape index (κ1) is 15.0. The highest BCUT2D eigenvalue weighted by atomic mass is 32.2. The van der Waals surface area contributed by atoms with Gasteiger partial charge < -0.3 is 14.2 Å². The Kier molecular flexibility index (Phi) is 3.73. The van der Waals surface area contributed by atoms with Crippen LogP contribution in [0.25, 0.3) is 0 Å². The summed E-state index contributed by atoms with van der Waals surface area (Å²) in [5, 5.41) is 12.6. The van der Waals surface area contributed by atoms with Crippen LogP contribution in [0.5, 0.6) is 0 Å². The third-order valence-corrected chi connectivity index (χ3v) is 3.95. The molecule has 0 fully saturated rings. The van der Waals surface area contributed by atoms with Gasteiger partial charge in [-0.1, -0.05) is 5.16 Å². The Hall–Kier alpha value is -2.36. The Bertz CT molecular complexity index is 774. The zero-order valence-electron chi connectivity index (χ0n) is 11.6. The molecule has 9 nitrogen and oxygen atoms in total. The predicted molar refractivity (Wildman–Crippen MR) is 71.6 cm³/mol. The van der Waals surface area contributed by atoms with E-state index in [9.17, 15) is 13.2 Å². The van der Waals surface area contributed by atoms with Crippen LogP contribution in [0, 0.1) is 6.92 Å². The summed E-state index contributed by atoms with van der Waals surface area (Å²) in [4.78, 5) is 14.7. The van der Waals surface area contributed by atoms with Crippen molar-refractivity contribution in [2.24, 2.45) is 0 Å². The minimum atomic E-state index is -4.00. The van der Waals surface area contributed by atoms with Gasteiger partial charge >= 0.3 is 12.0 Å². The molecule has 0 bridgehead atoms. The molecule has 114 valence electrons. The Labute approximate surface area is 120 Å². The van der Waals surface area contributed by atoms with Crippen molar-refractivity contribution in [3.05, 3.63) is 23.8 Å². The van der Waals surface area contributed by atoms with Crippen LogP contribution in [0.2, 0.25) is 0 Å². The summed E-state index contributed by atoms with van der Waals surface area (Å²) in [5.41, 5.74) is -0.118. The van der Waals surface area contributed by atoms with Crippen molar-refractivity contribution in [3.63, 3.8) is 0 Å². The molecule has 0 aromatic carbocycles. The molecule has 0 saturated carbocycles. The van der Waals surface area contributed by atoms with Crippen molar-refractivity contribution in [2.75, 3.05) is 4.72 Å². The van der Waals surface area contributed by atoms with Crippen LogP contribution in [-0.2, 0) is 10.0 Å². The van der Waals surface area contributed by atoms with E-state index < -0.39 is 16.0 Å². The second-order valence-electron chi connectivity index (χ2n) is 4.62. The first-order valence-corrected chi connectivity index (χ1v) is 7.47. The first-order chi connectivity index (χ1) is 9.70. The van der Waals surface area contributed by atoms with E-state index in [2.05, 4.69) is 19.4 Å². The average Bonchev–Trinajstić information content (AvgIpc) is 2.95. The molecular weight excluding hydrogens is 300 g/mol. The summed E-state index contributed by atoms with van der Waals surface area (Å²) in [5.74, 6) is -0.933. The average molecular weight is 314 g/mol. The zero-order valence-corrected chi connectivity index (χ0v) is 12.4. The molecule has 0 amide bonds. The van der Waals surface area contributed by atoms with Crippen LogP contribution < -0.4 is 4.72 Å². The zero-order chi connectivity index (χ0) is 15.8. The molecule has 0 saturated heterocycles. The first-order valence-electron chi connectivity index (χ1n) is 5.99. The van der Waals surface area contributed by atoms with Gasteiger partial charge in [0.05, 0.1) is 0 Å². The minimum Gasteiger partial charge on any atom is -0.477 e. The van der Waals surface area contributed by atoms with E-state index in [0.29, 0.717) is 0 Å². The van der Waals surface area contributed by atoms with Gasteiger partial charge in [-0.2, -0.15) is 4.98 Å². The van der Waals surface area contributed by atoms with Gasteiger partial charge in [0.1, 0.15) is 10.6 Å². The van der Waals surface area contributed by atoms with Crippen LogP contribution in [0.1, 0.15) is 36.2 Å². The monoisotopic (exact) mass is 314 g/mol. The van der Waals surface area contributed by atoms with Crippen molar-refractivity contribution < 1.29 is 22.8 Å². The topological polar surface area (TPSA) is 127 Å². The predicted octanol–water partition coefficient (Wildman–Crippen LogP) is 1.26. The van der Waals surface area contributed by atoms with Gasteiger partial charge in [-0.3, -0.25) is 0 Å². The van der Waals surface area contributed by atoms with E-state index in [0.717, 1.165) is 6.07 Å². The van der Waals surface area contributed by atoms with Gasteiger partial charge in [0.25, 0.3) is 10.0 Å². The normalized spacial score (nSPS) is 11.8. The van der Waals surface area contributed by atoms with E-state index in [1.807, 2.05) is 0 Å². The van der Waals surface area contributed by atoms with E-state index in [-0.39, 0.29) is 28.5 Å². The van der Waals surface area contributed by atoms with E-state index in [4.69, 9.17) is 5.11 Å². The van der Waals surface area contributed by atoms with Crippen LogP contribution in [0.4, 0.5) is 6.01 Å². The molecule has 0 aliphatic rings. The van der Waals surface area contributed by atoms with Crippen molar-refractivity contribution >= 4 is 22.0 Å². The molecule has 0 aliphatic carbocycles. The fourth-order valence-electron chi connectivity index (χ4n) is 1.71. The second kappa shape index (κ2) is 5.20. The Morgan fingerprint density at radius 2 is 2.14 bits per heavy atom. The third-order valence-electron chi connectivity index (χ3n) is 2.66. The van der Waals surface area contributed by atoms with Crippen molar-refractivity contribution in [2.45, 2.75) is 31.7 Å². The molecule has 0 aliphatic heterocycles. The van der Waals surface area contributed by atoms with Gasteiger partial charge in [0, 0.05) is 12.2 Å². The van der Waals surface area contributed by atoms with Crippen LogP contribution in [0.15, 0.2) is 21.7 Å². The number of carbonyl (C=O) groups is 1. The number of hydrogen-bond acceptors (Lipinski definition) is 6.